The van der Waals surface area contributed by atoms with E-state index in [1.807, 2.05) is 50.2 Å². The molecule has 130 valence electrons. The van der Waals surface area contributed by atoms with Gasteiger partial charge in [-0.05, 0) is 35.2 Å². The van der Waals surface area contributed by atoms with Gasteiger partial charge in [-0.1, -0.05) is 38.5 Å². The smallest absolute Gasteiger partial charge is 0.255 e. The van der Waals surface area contributed by atoms with Crippen LogP contribution in [-0.2, 0) is 17.9 Å². The number of hydrogen-bond donors (Lipinski definition) is 1. The third-order valence-corrected chi connectivity index (χ3v) is 4.85. The summed E-state index contributed by atoms with van der Waals surface area (Å²) in [7, 11) is 0. The Hall–Kier alpha value is -2.69. The molecule has 0 saturated carbocycles. The van der Waals surface area contributed by atoms with E-state index in [1.54, 1.807) is 17.3 Å². The van der Waals surface area contributed by atoms with Crippen molar-refractivity contribution in [3.05, 3.63) is 65.5 Å². The fraction of sp³-hybridized carbons (Fsp3) is 0.350. The standard InChI is InChI=1S/C20H23N3O2/c1-3-14(2)18(19(24)22-12-15-8-10-21-11-9-15)23-13-16-6-4-5-7-17(16)20(23)25/h4-11,14,18H,3,12-13H2,1-2H3,(H,22,24)/t14-,18+/m0/s1. The zero-order valence-corrected chi connectivity index (χ0v) is 14.6. The van der Waals surface area contributed by atoms with Gasteiger partial charge in [0.05, 0.1) is 0 Å². The average molecular weight is 337 g/mol. The number of aromatic nitrogens is 1. The first kappa shape index (κ1) is 17.1. The van der Waals surface area contributed by atoms with Crippen LogP contribution in [0.25, 0.3) is 0 Å². The van der Waals surface area contributed by atoms with Crippen LogP contribution in [-0.4, -0.2) is 27.7 Å². The lowest BCUT2D eigenvalue weighted by molar-refractivity contribution is -0.127. The van der Waals surface area contributed by atoms with Crippen LogP contribution in [0, 0.1) is 5.92 Å². The van der Waals surface area contributed by atoms with Crippen molar-refractivity contribution in [3.63, 3.8) is 0 Å². The van der Waals surface area contributed by atoms with Gasteiger partial charge in [-0.15, -0.1) is 0 Å². The Labute approximate surface area is 148 Å². The van der Waals surface area contributed by atoms with Gasteiger partial charge < -0.3 is 10.2 Å². The SMILES string of the molecule is CC[C@H](C)[C@H](C(=O)NCc1ccncc1)N1Cc2ccccc2C1=O. The normalized spacial score (nSPS) is 15.6. The molecule has 1 aliphatic heterocycles. The van der Waals surface area contributed by atoms with Crippen LogP contribution in [0.1, 0.15) is 41.8 Å². The summed E-state index contributed by atoms with van der Waals surface area (Å²) >= 11 is 0. The first-order chi connectivity index (χ1) is 12.1. The molecule has 2 atom stereocenters. The van der Waals surface area contributed by atoms with Crippen molar-refractivity contribution in [1.82, 2.24) is 15.2 Å². The molecule has 3 rings (SSSR count). The maximum Gasteiger partial charge on any atom is 0.255 e. The highest BCUT2D eigenvalue weighted by Crippen LogP contribution is 2.28. The minimum absolute atomic E-state index is 0.0556. The molecule has 1 aliphatic rings. The topological polar surface area (TPSA) is 62.3 Å². The molecule has 2 amide bonds. The minimum Gasteiger partial charge on any atom is -0.350 e. The van der Waals surface area contributed by atoms with Gasteiger partial charge in [-0.3, -0.25) is 14.6 Å². The van der Waals surface area contributed by atoms with Crippen LogP contribution in [0.4, 0.5) is 0 Å². The maximum absolute atomic E-state index is 12.9. The summed E-state index contributed by atoms with van der Waals surface area (Å²) in [6.45, 7) is 4.99. The Morgan fingerprint density at radius 3 is 2.64 bits per heavy atom. The van der Waals surface area contributed by atoms with Gasteiger partial charge in [0.1, 0.15) is 6.04 Å². The summed E-state index contributed by atoms with van der Waals surface area (Å²) in [5, 5.41) is 2.98. The Morgan fingerprint density at radius 1 is 1.24 bits per heavy atom. The Kier molecular flexibility index (Phi) is 5.12. The van der Waals surface area contributed by atoms with E-state index < -0.39 is 6.04 Å². The van der Waals surface area contributed by atoms with Gasteiger partial charge in [0.2, 0.25) is 5.91 Å². The van der Waals surface area contributed by atoms with Crippen molar-refractivity contribution in [2.75, 3.05) is 0 Å². The molecule has 1 aromatic heterocycles. The second-order valence-electron chi connectivity index (χ2n) is 6.49. The Bertz CT molecular complexity index is 761. The molecule has 1 N–H and O–H groups in total. The lowest BCUT2D eigenvalue weighted by atomic mass is 9.96. The third kappa shape index (κ3) is 3.55. The summed E-state index contributed by atoms with van der Waals surface area (Å²) in [5.41, 5.74) is 2.68. The highest BCUT2D eigenvalue weighted by molar-refractivity contribution is 6.01. The predicted molar refractivity (Wildman–Crippen MR) is 95.6 cm³/mol. The van der Waals surface area contributed by atoms with Crippen LogP contribution in [0.15, 0.2) is 48.8 Å². The van der Waals surface area contributed by atoms with Crippen molar-refractivity contribution >= 4 is 11.8 Å². The molecule has 5 heteroatoms. The molecule has 0 radical (unpaired) electrons. The second-order valence-corrected chi connectivity index (χ2v) is 6.49. The minimum atomic E-state index is -0.466. The van der Waals surface area contributed by atoms with Crippen LogP contribution in [0.2, 0.25) is 0 Å². The molecule has 0 saturated heterocycles. The highest BCUT2D eigenvalue weighted by Gasteiger charge is 2.38. The van der Waals surface area contributed by atoms with Gasteiger partial charge in [0.15, 0.2) is 0 Å². The van der Waals surface area contributed by atoms with E-state index in [-0.39, 0.29) is 17.7 Å². The second kappa shape index (κ2) is 7.47. The summed E-state index contributed by atoms with van der Waals surface area (Å²) < 4.78 is 0. The zero-order chi connectivity index (χ0) is 17.8. The van der Waals surface area contributed by atoms with Crippen molar-refractivity contribution in [2.24, 2.45) is 5.92 Å². The van der Waals surface area contributed by atoms with E-state index in [0.717, 1.165) is 17.5 Å². The summed E-state index contributed by atoms with van der Waals surface area (Å²) in [5.74, 6) is -0.0806. The van der Waals surface area contributed by atoms with Crippen LogP contribution in [0.5, 0.6) is 0 Å². The first-order valence-corrected chi connectivity index (χ1v) is 8.67. The summed E-state index contributed by atoms with van der Waals surface area (Å²) in [6.07, 6.45) is 4.23. The number of rotatable bonds is 6. The molecule has 0 aliphatic carbocycles. The number of pyridine rings is 1. The van der Waals surface area contributed by atoms with E-state index in [0.29, 0.717) is 18.7 Å². The van der Waals surface area contributed by atoms with Crippen LogP contribution < -0.4 is 5.32 Å². The molecule has 2 heterocycles. The van der Waals surface area contributed by atoms with Crippen molar-refractivity contribution in [3.8, 4) is 0 Å². The molecule has 5 nitrogen and oxygen atoms in total. The number of carbonyl (C=O) groups excluding carboxylic acids is 2. The molecule has 25 heavy (non-hydrogen) atoms. The van der Waals surface area contributed by atoms with Crippen molar-refractivity contribution in [2.45, 2.75) is 39.4 Å². The number of nitrogens with one attached hydrogen (secondary N) is 1. The number of nitrogens with zero attached hydrogens (tertiary/aromatic N) is 2. The fourth-order valence-corrected chi connectivity index (χ4v) is 3.23. The largest absolute Gasteiger partial charge is 0.350 e. The van der Waals surface area contributed by atoms with Crippen LogP contribution >= 0.6 is 0 Å². The molecule has 0 bridgehead atoms. The average Bonchev–Trinajstić information content (AvgIpc) is 2.97. The Morgan fingerprint density at radius 2 is 1.96 bits per heavy atom. The highest BCUT2D eigenvalue weighted by atomic mass is 16.2. The fourth-order valence-electron chi connectivity index (χ4n) is 3.23. The quantitative estimate of drug-likeness (QED) is 0.882. The van der Waals surface area contributed by atoms with Gasteiger partial charge in [0, 0.05) is 31.0 Å². The van der Waals surface area contributed by atoms with E-state index in [1.165, 1.54) is 0 Å². The maximum atomic E-state index is 12.9. The van der Waals surface area contributed by atoms with Crippen LogP contribution in [0.3, 0.4) is 0 Å². The molecule has 0 spiro atoms. The Balaban J connectivity index is 1.76. The zero-order valence-electron chi connectivity index (χ0n) is 14.6. The van der Waals surface area contributed by atoms with Gasteiger partial charge in [0.25, 0.3) is 5.91 Å². The molecule has 0 unspecified atom stereocenters. The van der Waals surface area contributed by atoms with Gasteiger partial charge in [-0.25, -0.2) is 0 Å². The van der Waals surface area contributed by atoms with Crippen molar-refractivity contribution < 1.29 is 9.59 Å². The number of hydrogen-bond acceptors (Lipinski definition) is 3. The van der Waals surface area contributed by atoms with E-state index in [4.69, 9.17) is 0 Å². The molecule has 1 aromatic carbocycles. The first-order valence-electron chi connectivity index (χ1n) is 8.67. The summed E-state index contributed by atoms with van der Waals surface area (Å²) in [4.78, 5) is 31.3. The predicted octanol–water partition coefficient (Wildman–Crippen LogP) is 2.77. The summed E-state index contributed by atoms with van der Waals surface area (Å²) in [6, 6.07) is 10.9. The van der Waals surface area contributed by atoms with E-state index >= 15 is 0 Å². The van der Waals surface area contributed by atoms with E-state index in [9.17, 15) is 9.59 Å². The lowest BCUT2D eigenvalue weighted by Crippen LogP contribution is -2.50. The molecule has 2 aromatic rings. The third-order valence-electron chi connectivity index (χ3n) is 4.85. The van der Waals surface area contributed by atoms with Gasteiger partial charge >= 0.3 is 0 Å². The molecule has 0 fully saturated rings. The number of fused-ring (bicyclic) bond motifs is 1. The van der Waals surface area contributed by atoms with Crippen molar-refractivity contribution in [1.29, 1.82) is 0 Å². The van der Waals surface area contributed by atoms with E-state index in [2.05, 4.69) is 10.3 Å². The van der Waals surface area contributed by atoms with Gasteiger partial charge in [-0.2, -0.15) is 0 Å². The lowest BCUT2D eigenvalue weighted by Gasteiger charge is -2.31. The monoisotopic (exact) mass is 337 g/mol. The molecular weight excluding hydrogens is 314 g/mol. The number of carbonyl (C=O) groups is 2. The number of benzene rings is 1. The molecular formula is C20H23N3O2. The number of amides is 2.